The van der Waals surface area contributed by atoms with Gasteiger partial charge in [-0.05, 0) is 38.8 Å². The SMILES string of the molecule is C=CC[C@H](NC(=O)OC(C)(C)C)c1cncc(-c2c(NC(=O)[C@H](C)C=C)cnn2C)c1. The van der Waals surface area contributed by atoms with E-state index in [1.54, 1.807) is 49.4 Å². The Morgan fingerprint density at radius 1 is 1.26 bits per heavy atom. The van der Waals surface area contributed by atoms with Gasteiger partial charge in [0.15, 0.2) is 0 Å². The number of nitrogens with one attached hydrogen (secondary N) is 2. The van der Waals surface area contributed by atoms with E-state index in [4.69, 9.17) is 4.74 Å². The molecule has 8 heteroatoms. The van der Waals surface area contributed by atoms with E-state index < -0.39 is 11.7 Å². The van der Waals surface area contributed by atoms with Gasteiger partial charge < -0.3 is 15.4 Å². The number of amides is 2. The van der Waals surface area contributed by atoms with Crippen molar-refractivity contribution in [3.63, 3.8) is 0 Å². The molecule has 2 aromatic rings. The highest BCUT2D eigenvalue weighted by molar-refractivity contribution is 5.96. The fourth-order valence-corrected chi connectivity index (χ4v) is 2.90. The second-order valence-electron chi connectivity index (χ2n) is 8.27. The van der Waals surface area contributed by atoms with Gasteiger partial charge in [0.2, 0.25) is 5.91 Å². The molecule has 0 saturated carbocycles. The second kappa shape index (κ2) is 10.1. The largest absolute Gasteiger partial charge is 0.444 e. The molecule has 2 atom stereocenters. The zero-order chi connectivity index (χ0) is 23.2. The van der Waals surface area contributed by atoms with Crippen LogP contribution in [-0.4, -0.2) is 32.4 Å². The Bertz CT molecular complexity index is 958. The summed E-state index contributed by atoms with van der Waals surface area (Å²) in [6.07, 6.45) is 8.24. The Hall–Kier alpha value is -3.42. The first-order valence-corrected chi connectivity index (χ1v) is 10.1. The van der Waals surface area contributed by atoms with Crippen molar-refractivity contribution in [2.45, 2.75) is 45.8 Å². The van der Waals surface area contributed by atoms with Crippen LogP contribution in [0.3, 0.4) is 0 Å². The van der Waals surface area contributed by atoms with Crippen LogP contribution in [0, 0.1) is 5.92 Å². The van der Waals surface area contributed by atoms with E-state index in [-0.39, 0.29) is 17.9 Å². The van der Waals surface area contributed by atoms with Gasteiger partial charge in [-0.1, -0.05) is 19.1 Å². The Balaban J connectivity index is 2.34. The zero-order valence-electron chi connectivity index (χ0n) is 18.8. The van der Waals surface area contributed by atoms with Gasteiger partial charge in [-0.25, -0.2) is 4.79 Å². The Morgan fingerprint density at radius 2 is 1.97 bits per heavy atom. The number of carbonyl (C=O) groups is 2. The number of ether oxygens (including phenoxy) is 1. The number of nitrogens with zero attached hydrogens (tertiary/aromatic N) is 3. The van der Waals surface area contributed by atoms with Crippen LogP contribution in [0.2, 0.25) is 0 Å². The normalized spacial score (nSPS) is 13.1. The molecule has 166 valence electrons. The molecule has 0 spiro atoms. The monoisotopic (exact) mass is 425 g/mol. The maximum Gasteiger partial charge on any atom is 0.408 e. The summed E-state index contributed by atoms with van der Waals surface area (Å²) in [7, 11) is 1.79. The molecule has 0 aromatic carbocycles. The number of rotatable bonds is 8. The summed E-state index contributed by atoms with van der Waals surface area (Å²) in [5, 5.41) is 10.0. The summed E-state index contributed by atoms with van der Waals surface area (Å²) >= 11 is 0. The first kappa shape index (κ1) is 23.9. The first-order chi connectivity index (χ1) is 14.6. The summed E-state index contributed by atoms with van der Waals surface area (Å²) in [5.41, 5.74) is 2.20. The average Bonchev–Trinajstić information content (AvgIpc) is 3.05. The van der Waals surface area contributed by atoms with E-state index in [0.29, 0.717) is 17.8 Å². The van der Waals surface area contributed by atoms with Gasteiger partial charge in [-0.2, -0.15) is 5.10 Å². The summed E-state index contributed by atoms with van der Waals surface area (Å²) < 4.78 is 7.04. The third-order valence-electron chi connectivity index (χ3n) is 4.49. The lowest BCUT2D eigenvalue weighted by Crippen LogP contribution is -2.34. The van der Waals surface area contributed by atoms with Crippen molar-refractivity contribution < 1.29 is 14.3 Å². The van der Waals surface area contributed by atoms with Gasteiger partial charge in [-0.3, -0.25) is 14.5 Å². The lowest BCUT2D eigenvalue weighted by Gasteiger charge is -2.23. The van der Waals surface area contributed by atoms with Gasteiger partial charge in [-0.15, -0.1) is 13.2 Å². The highest BCUT2D eigenvalue weighted by Crippen LogP contribution is 2.30. The van der Waals surface area contributed by atoms with E-state index in [2.05, 4.69) is 33.9 Å². The number of hydrogen-bond acceptors (Lipinski definition) is 5. The Kier molecular flexibility index (Phi) is 7.74. The fraction of sp³-hybridized carbons (Fsp3) is 0.391. The molecule has 0 aliphatic rings. The van der Waals surface area contributed by atoms with Crippen molar-refractivity contribution in [3.8, 4) is 11.3 Å². The highest BCUT2D eigenvalue weighted by Gasteiger charge is 2.22. The number of aryl methyl sites for hydroxylation is 1. The van der Waals surface area contributed by atoms with Crippen molar-refractivity contribution in [3.05, 3.63) is 55.5 Å². The molecular formula is C23H31N5O3. The van der Waals surface area contributed by atoms with Crippen LogP contribution in [0.5, 0.6) is 0 Å². The molecule has 2 rings (SSSR count). The molecule has 0 saturated heterocycles. The fourth-order valence-electron chi connectivity index (χ4n) is 2.90. The molecule has 2 heterocycles. The summed E-state index contributed by atoms with van der Waals surface area (Å²) in [5.74, 6) is -0.517. The van der Waals surface area contributed by atoms with E-state index in [0.717, 1.165) is 11.1 Å². The lowest BCUT2D eigenvalue weighted by molar-refractivity contribution is -0.118. The maximum absolute atomic E-state index is 12.3. The molecule has 8 nitrogen and oxygen atoms in total. The van der Waals surface area contributed by atoms with Crippen LogP contribution in [0.15, 0.2) is 50.0 Å². The van der Waals surface area contributed by atoms with Gasteiger partial charge in [0, 0.05) is 25.0 Å². The molecule has 0 aliphatic carbocycles. The Labute approximate surface area is 183 Å². The average molecular weight is 426 g/mol. The van der Waals surface area contributed by atoms with E-state index in [9.17, 15) is 9.59 Å². The standard InChI is InChI=1S/C23H31N5O3/c1-8-10-18(27-22(30)31-23(4,5)6)16-11-17(13-24-12-16)20-19(14-25-28(20)7)26-21(29)15(3)9-2/h8-9,11-15,18H,1-2,10H2,3-7H3,(H,26,29)(H,27,30)/t15-,18+/m1/s1. The zero-order valence-corrected chi connectivity index (χ0v) is 18.8. The van der Waals surface area contributed by atoms with Gasteiger partial charge in [0.05, 0.1) is 29.5 Å². The minimum absolute atomic E-state index is 0.176. The van der Waals surface area contributed by atoms with Crippen LogP contribution in [0.4, 0.5) is 10.5 Å². The topological polar surface area (TPSA) is 98.1 Å². The van der Waals surface area contributed by atoms with E-state index in [1.807, 2.05) is 26.8 Å². The molecule has 0 unspecified atom stereocenters. The highest BCUT2D eigenvalue weighted by atomic mass is 16.6. The first-order valence-electron chi connectivity index (χ1n) is 10.1. The molecule has 0 bridgehead atoms. The molecule has 2 amide bonds. The van der Waals surface area contributed by atoms with E-state index in [1.165, 1.54) is 0 Å². The smallest absolute Gasteiger partial charge is 0.408 e. The predicted octanol–water partition coefficient (Wildman–Crippen LogP) is 4.38. The van der Waals surface area contributed by atoms with Crippen LogP contribution in [0.1, 0.15) is 45.7 Å². The number of alkyl carbamates (subject to hydrolysis) is 1. The van der Waals surface area contributed by atoms with Crippen LogP contribution < -0.4 is 10.6 Å². The van der Waals surface area contributed by atoms with Crippen molar-refractivity contribution >= 4 is 17.7 Å². The van der Waals surface area contributed by atoms with Gasteiger partial charge >= 0.3 is 6.09 Å². The van der Waals surface area contributed by atoms with Crippen LogP contribution >= 0.6 is 0 Å². The predicted molar refractivity (Wildman–Crippen MR) is 121 cm³/mol. The quantitative estimate of drug-likeness (QED) is 0.612. The number of hydrogen-bond donors (Lipinski definition) is 2. The minimum Gasteiger partial charge on any atom is -0.444 e. The molecule has 0 radical (unpaired) electrons. The van der Waals surface area contributed by atoms with Crippen molar-refractivity contribution in [2.24, 2.45) is 13.0 Å². The third kappa shape index (κ3) is 6.53. The molecule has 2 N–H and O–H groups in total. The number of pyridine rings is 1. The lowest BCUT2D eigenvalue weighted by atomic mass is 10.0. The van der Waals surface area contributed by atoms with E-state index >= 15 is 0 Å². The van der Waals surface area contributed by atoms with Crippen molar-refractivity contribution in [1.29, 1.82) is 0 Å². The van der Waals surface area contributed by atoms with Crippen molar-refractivity contribution in [2.75, 3.05) is 5.32 Å². The summed E-state index contributed by atoms with van der Waals surface area (Å²) in [6.45, 7) is 14.6. The molecular weight excluding hydrogens is 394 g/mol. The van der Waals surface area contributed by atoms with Gasteiger partial charge in [0.1, 0.15) is 5.60 Å². The van der Waals surface area contributed by atoms with Crippen LogP contribution in [0.25, 0.3) is 11.3 Å². The molecule has 2 aromatic heterocycles. The number of carbonyl (C=O) groups excluding carboxylic acids is 2. The van der Waals surface area contributed by atoms with Crippen molar-refractivity contribution in [1.82, 2.24) is 20.1 Å². The minimum atomic E-state index is -0.604. The molecule has 31 heavy (non-hydrogen) atoms. The van der Waals surface area contributed by atoms with Crippen LogP contribution in [-0.2, 0) is 16.6 Å². The number of anilines is 1. The molecule has 0 fully saturated rings. The molecule has 0 aliphatic heterocycles. The number of aromatic nitrogens is 3. The maximum atomic E-state index is 12.3. The summed E-state index contributed by atoms with van der Waals surface area (Å²) in [6, 6.07) is 1.54. The third-order valence-corrected chi connectivity index (χ3v) is 4.49. The Morgan fingerprint density at radius 3 is 2.58 bits per heavy atom. The van der Waals surface area contributed by atoms with Gasteiger partial charge in [0.25, 0.3) is 0 Å². The summed E-state index contributed by atoms with van der Waals surface area (Å²) in [4.78, 5) is 29.0. The second-order valence-corrected chi connectivity index (χ2v) is 8.27.